The lowest BCUT2D eigenvalue weighted by molar-refractivity contribution is -0.385. The first-order valence-electron chi connectivity index (χ1n) is 2.32. The number of halogens is 1. The molecule has 1 heterocycles. The molecule has 0 bridgehead atoms. The van der Waals surface area contributed by atoms with E-state index in [1.54, 1.807) is 0 Å². The van der Waals surface area contributed by atoms with Crippen molar-refractivity contribution in [2.24, 2.45) is 0 Å². The van der Waals surface area contributed by atoms with Crippen LogP contribution in [0.5, 0.6) is 0 Å². The molecule has 10 heavy (non-hydrogen) atoms. The zero-order valence-corrected chi connectivity index (χ0v) is 4.69. The van der Waals surface area contributed by atoms with Crippen molar-refractivity contribution >= 4 is 5.69 Å². The Hall–Kier alpha value is -1.59. The molecule has 0 amide bonds. The number of rotatable bonds is 1. The molecular weight excluding hydrogens is 141 g/mol. The molecule has 0 saturated heterocycles. The Morgan fingerprint density at radius 1 is 1.50 bits per heavy atom. The Labute approximate surface area is 54.7 Å². The molecule has 0 aliphatic carbocycles. The number of nitro groups is 1. The summed E-state index contributed by atoms with van der Waals surface area (Å²) in [6.45, 7) is 0. The molecule has 5 nitrogen and oxygen atoms in total. The maximum atomic E-state index is 11.9. The number of aromatic nitrogens is 2. The highest BCUT2D eigenvalue weighted by Crippen LogP contribution is 2.04. The molecule has 6 heteroatoms. The summed E-state index contributed by atoms with van der Waals surface area (Å²) in [5.74, 6) is 0. The average Bonchev–Trinajstić information content (AvgIpc) is 1.88. The van der Waals surface area contributed by atoms with Gasteiger partial charge in [-0.3, -0.25) is 10.1 Å². The molecule has 0 aromatic carbocycles. The second-order valence-corrected chi connectivity index (χ2v) is 1.47. The van der Waals surface area contributed by atoms with Crippen molar-refractivity contribution in [2.75, 3.05) is 0 Å². The fourth-order valence-corrected chi connectivity index (χ4v) is 0.400. The molecule has 1 aromatic heterocycles. The summed E-state index contributed by atoms with van der Waals surface area (Å²) in [6, 6.07) is 0. The van der Waals surface area contributed by atoms with Crippen molar-refractivity contribution in [1.82, 2.24) is 9.97 Å². The molecule has 0 atom stereocenters. The average molecular weight is 143 g/mol. The van der Waals surface area contributed by atoms with Crippen molar-refractivity contribution in [2.45, 2.75) is 0 Å². The lowest BCUT2D eigenvalue weighted by atomic mass is 10.6. The van der Waals surface area contributed by atoms with Gasteiger partial charge >= 0.3 is 11.8 Å². The van der Waals surface area contributed by atoms with E-state index in [9.17, 15) is 14.5 Å². The monoisotopic (exact) mass is 143 g/mol. The van der Waals surface area contributed by atoms with Gasteiger partial charge in [0.2, 0.25) is 0 Å². The molecule has 0 unspecified atom stereocenters. The van der Waals surface area contributed by atoms with E-state index in [2.05, 4.69) is 9.97 Å². The molecule has 0 fully saturated rings. The number of hydrogen-bond acceptors (Lipinski definition) is 4. The van der Waals surface area contributed by atoms with Crippen LogP contribution in [0.15, 0.2) is 12.4 Å². The standard InChI is InChI=1S/C4H2FN3O2/c5-4-6-1-3(2-7-4)8(9)10/h1-2H. The Morgan fingerprint density at radius 3 is 2.40 bits per heavy atom. The SMILES string of the molecule is O=[N+]([O-])c1cnc(F)nc1. The van der Waals surface area contributed by atoms with E-state index in [1.165, 1.54) is 0 Å². The lowest BCUT2D eigenvalue weighted by Crippen LogP contribution is -1.92. The zero-order chi connectivity index (χ0) is 7.56. The fraction of sp³-hybridized carbons (Fsp3) is 0. The minimum Gasteiger partial charge on any atom is -0.258 e. The number of nitrogens with zero attached hydrogens (tertiary/aromatic N) is 3. The highest BCUT2D eigenvalue weighted by molar-refractivity contribution is 5.19. The van der Waals surface area contributed by atoms with Crippen LogP contribution in [0.2, 0.25) is 0 Å². The Bertz CT molecular complexity index is 247. The van der Waals surface area contributed by atoms with Gasteiger partial charge < -0.3 is 0 Å². The van der Waals surface area contributed by atoms with E-state index < -0.39 is 11.0 Å². The predicted molar refractivity (Wildman–Crippen MR) is 28.6 cm³/mol. The summed E-state index contributed by atoms with van der Waals surface area (Å²) in [6.07, 6.45) is 0.649. The molecule has 0 N–H and O–H groups in total. The van der Waals surface area contributed by atoms with Crippen LogP contribution in [-0.4, -0.2) is 14.9 Å². The molecule has 1 rings (SSSR count). The highest BCUT2D eigenvalue weighted by atomic mass is 19.1. The first kappa shape index (κ1) is 6.53. The Kier molecular flexibility index (Phi) is 1.53. The van der Waals surface area contributed by atoms with E-state index in [4.69, 9.17) is 0 Å². The van der Waals surface area contributed by atoms with Crippen molar-refractivity contribution in [1.29, 1.82) is 0 Å². The summed E-state index contributed by atoms with van der Waals surface area (Å²) in [4.78, 5) is 15.2. The van der Waals surface area contributed by atoms with Gasteiger partial charge in [-0.25, -0.2) is 9.97 Å². The minimum absolute atomic E-state index is 0.318. The summed E-state index contributed by atoms with van der Waals surface area (Å²) < 4.78 is 11.9. The van der Waals surface area contributed by atoms with Gasteiger partial charge in [-0.05, 0) is 0 Å². The molecule has 52 valence electrons. The maximum absolute atomic E-state index is 11.9. The molecule has 0 aliphatic heterocycles. The van der Waals surface area contributed by atoms with Gasteiger partial charge in [-0.15, -0.1) is 0 Å². The lowest BCUT2D eigenvalue weighted by Gasteiger charge is -1.86. The molecule has 0 spiro atoms. The third-order valence-electron chi connectivity index (χ3n) is 0.818. The third kappa shape index (κ3) is 1.22. The van der Waals surface area contributed by atoms with E-state index in [0.717, 1.165) is 12.4 Å². The van der Waals surface area contributed by atoms with Crippen LogP contribution in [0.4, 0.5) is 10.1 Å². The smallest absolute Gasteiger partial charge is 0.258 e. The summed E-state index contributed by atoms with van der Waals surface area (Å²) >= 11 is 0. The third-order valence-corrected chi connectivity index (χ3v) is 0.818. The number of hydrogen-bond donors (Lipinski definition) is 0. The largest absolute Gasteiger partial charge is 0.308 e. The van der Waals surface area contributed by atoms with Gasteiger partial charge in [0.15, 0.2) is 0 Å². The highest BCUT2D eigenvalue weighted by Gasteiger charge is 2.04. The molecular formula is C4H2FN3O2. The second-order valence-electron chi connectivity index (χ2n) is 1.47. The van der Waals surface area contributed by atoms with Crippen molar-refractivity contribution < 1.29 is 9.31 Å². The van der Waals surface area contributed by atoms with Crippen LogP contribution in [0, 0.1) is 16.2 Å². The van der Waals surface area contributed by atoms with Crippen LogP contribution in [0.3, 0.4) is 0 Å². The van der Waals surface area contributed by atoms with Crippen molar-refractivity contribution in [3.8, 4) is 0 Å². The summed E-state index contributed by atoms with van der Waals surface area (Å²) in [5.41, 5.74) is -0.318. The predicted octanol–water partition coefficient (Wildman–Crippen LogP) is 0.524. The molecule has 1 aromatic rings. The van der Waals surface area contributed by atoms with Gasteiger partial charge in [-0.1, -0.05) is 0 Å². The summed E-state index contributed by atoms with van der Waals surface area (Å²) in [7, 11) is 0. The molecule has 0 saturated carbocycles. The van der Waals surface area contributed by atoms with Crippen molar-refractivity contribution in [3.05, 3.63) is 28.6 Å². The van der Waals surface area contributed by atoms with E-state index >= 15 is 0 Å². The molecule has 0 radical (unpaired) electrons. The van der Waals surface area contributed by atoms with Gasteiger partial charge in [0.1, 0.15) is 12.4 Å². The normalized spacial score (nSPS) is 9.30. The second kappa shape index (κ2) is 2.34. The van der Waals surface area contributed by atoms with Gasteiger partial charge in [0.05, 0.1) is 4.92 Å². The van der Waals surface area contributed by atoms with E-state index in [0.29, 0.717) is 0 Å². The minimum atomic E-state index is -0.967. The topological polar surface area (TPSA) is 68.9 Å². The van der Waals surface area contributed by atoms with Crippen molar-refractivity contribution in [3.63, 3.8) is 0 Å². The first-order valence-corrected chi connectivity index (χ1v) is 2.32. The Balaban J connectivity index is 3.00. The first-order chi connectivity index (χ1) is 4.70. The molecule has 0 aliphatic rings. The van der Waals surface area contributed by atoms with Crippen LogP contribution < -0.4 is 0 Å². The Morgan fingerprint density at radius 2 is 2.00 bits per heavy atom. The van der Waals surface area contributed by atoms with Gasteiger partial charge in [0, 0.05) is 0 Å². The van der Waals surface area contributed by atoms with E-state index in [-0.39, 0.29) is 5.69 Å². The summed E-state index contributed by atoms with van der Waals surface area (Å²) in [5, 5.41) is 9.92. The van der Waals surface area contributed by atoms with E-state index in [1.807, 2.05) is 0 Å². The zero-order valence-electron chi connectivity index (χ0n) is 4.69. The van der Waals surface area contributed by atoms with Crippen LogP contribution in [0.1, 0.15) is 0 Å². The van der Waals surface area contributed by atoms with Gasteiger partial charge in [-0.2, -0.15) is 4.39 Å². The van der Waals surface area contributed by atoms with Gasteiger partial charge in [0.25, 0.3) is 0 Å². The maximum Gasteiger partial charge on any atom is 0.308 e. The van der Waals surface area contributed by atoms with Crippen LogP contribution >= 0.6 is 0 Å². The fourth-order valence-electron chi connectivity index (χ4n) is 0.400. The quantitative estimate of drug-likeness (QED) is 0.326. The van der Waals surface area contributed by atoms with Crippen LogP contribution in [-0.2, 0) is 0 Å². The van der Waals surface area contributed by atoms with Crippen LogP contribution in [0.25, 0.3) is 0 Å².